The van der Waals surface area contributed by atoms with E-state index in [1.54, 1.807) is 0 Å². The Kier molecular flexibility index (Phi) is 2.91. The van der Waals surface area contributed by atoms with Crippen molar-refractivity contribution in [3.63, 3.8) is 0 Å². The smallest absolute Gasteiger partial charge is 0.138 e. The normalized spacial score (nSPS) is 39.8. The fraction of sp³-hybridized carbons (Fsp3) is 0.917. The lowest BCUT2D eigenvalue weighted by Crippen LogP contribution is -2.45. The Morgan fingerprint density at radius 3 is 2.57 bits per heavy atom. The van der Waals surface area contributed by atoms with Crippen molar-refractivity contribution >= 4 is 5.78 Å². The molecule has 0 aliphatic heterocycles. The Hall–Kier alpha value is -0.370. The standard InChI is InChI=1S/C12H20O2/c13-11-7-2-1-4-8-12(14)9-5-3-6-10(11)12/h10,14H,1-9H2/t10-,12-/m1/s1. The van der Waals surface area contributed by atoms with Gasteiger partial charge in [-0.3, -0.25) is 4.79 Å². The second kappa shape index (κ2) is 4.01. The molecule has 0 aromatic heterocycles. The van der Waals surface area contributed by atoms with Crippen LogP contribution in [0.25, 0.3) is 0 Å². The average molecular weight is 196 g/mol. The molecular formula is C12H20O2. The van der Waals surface area contributed by atoms with E-state index in [0.717, 1.165) is 51.4 Å². The van der Waals surface area contributed by atoms with Crippen LogP contribution in [0.2, 0.25) is 0 Å². The molecule has 2 rings (SSSR count). The van der Waals surface area contributed by atoms with Gasteiger partial charge >= 0.3 is 0 Å². The fourth-order valence-corrected chi connectivity index (χ4v) is 3.06. The number of carbonyl (C=O) groups excluding carboxylic acids is 1. The van der Waals surface area contributed by atoms with Crippen molar-refractivity contribution in [2.45, 2.75) is 63.4 Å². The summed E-state index contributed by atoms with van der Waals surface area (Å²) in [6.45, 7) is 0. The molecular weight excluding hydrogens is 176 g/mol. The van der Waals surface area contributed by atoms with Crippen molar-refractivity contribution < 1.29 is 9.90 Å². The molecule has 2 saturated carbocycles. The van der Waals surface area contributed by atoms with Crippen LogP contribution in [0.15, 0.2) is 0 Å². The maximum absolute atomic E-state index is 11.8. The molecule has 0 aromatic rings. The highest BCUT2D eigenvalue weighted by atomic mass is 16.3. The van der Waals surface area contributed by atoms with Crippen LogP contribution in [-0.2, 0) is 4.79 Å². The van der Waals surface area contributed by atoms with E-state index in [1.165, 1.54) is 0 Å². The minimum Gasteiger partial charge on any atom is -0.389 e. The van der Waals surface area contributed by atoms with Crippen LogP contribution >= 0.6 is 0 Å². The largest absolute Gasteiger partial charge is 0.389 e. The highest BCUT2D eigenvalue weighted by Crippen LogP contribution is 2.40. The molecule has 0 heterocycles. The Balaban J connectivity index is 2.15. The molecule has 0 unspecified atom stereocenters. The summed E-state index contributed by atoms with van der Waals surface area (Å²) < 4.78 is 0. The van der Waals surface area contributed by atoms with Gasteiger partial charge < -0.3 is 5.11 Å². The van der Waals surface area contributed by atoms with Crippen LogP contribution in [0, 0.1) is 5.92 Å². The zero-order valence-corrected chi connectivity index (χ0v) is 8.80. The Bertz CT molecular complexity index is 224. The summed E-state index contributed by atoms with van der Waals surface area (Å²) in [6.07, 6.45) is 8.79. The molecule has 0 amide bonds. The van der Waals surface area contributed by atoms with E-state index in [9.17, 15) is 9.90 Å². The van der Waals surface area contributed by atoms with Gasteiger partial charge in [0.15, 0.2) is 0 Å². The molecule has 2 fully saturated rings. The highest BCUT2D eigenvalue weighted by molar-refractivity contribution is 5.82. The molecule has 14 heavy (non-hydrogen) atoms. The number of aliphatic hydroxyl groups is 1. The van der Waals surface area contributed by atoms with Crippen molar-refractivity contribution in [1.29, 1.82) is 0 Å². The lowest BCUT2D eigenvalue weighted by atomic mass is 9.69. The minimum absolute atomic E-state index is 0.0310. The zero-order valence-electron chi connectivity index (χ0n) is 8.80. The summed E-state index contributed by atoms with van der Waals surface area (Å²) in [5.74, 6) is 0.295. The summed E-state index contributed by atoms with van der Waals surface area (Å²) in [5.41, 5.74) is -0.629. The molecule has 0 saturated heterocycles. The van der Waals surface area contributed by atoms with Gasteiger partial charge in [0, 0.05) is 12.3 Å². The van der Waals surface area contributed by atoms with Crippen molar-refractivity contribution in [1.82, 2.24) is 0 Å². The Morgan fingerprint density at radius 1 is 1.07 bits per heavy atom. The molecule has 2 atom stereocenters. The van der Waals surface area contributed by atoms with Gasteiger partial charge in [-0.1, -0.05) is 25.7 Å². The molecule has 2 aliphatic rings. The molecule has 0 radical (unpaired) electrons. The van der Waals surface area contributed by atoms with Crippen molar-refractivity contribution in [3.8, 4) is 0 Å². The maximum Gasteiger partial charge on any atom is 0.138 e. The van der Waals surface area contributed by atoms with Gasteiger partial charge in [0.2, 0.25) is 0 Å². The molecule has 0 aromatic carbocycles. The number of fused-ring (bicyclic) bond motifs is 1. The molecule has 1 N–H and O–H groups in total. The first kappa shape index (κ1) is 10.2. The molecule has 0 bridgehead atoms. The fourth-order valence-electron chi connectivity index (χ4n) is 3.06. The number of hydrogen-bond donors (Lipinski definition) is 1. The van der Waals surface area contributed by atoms with Gasteiger partial charge in [-0.05, 0) is 25.7 Å². The lowest BCUT2D eigenvalue weighted by molar-refractivity contribution is -0.138. The van der Waals surface area contributed by atoms with Crippen LogP contribution < -0.4 is 0 Å². The van der Waals surface area contributed by atoms with Crippen LogP contribution in [0.3, 0.4) is 0 Å². The van der Waals surface area contributed by atoms with Crippen LogP contribution in [0.5, 0.6) is 0 Å². The van der Waals surface area contributed by atoms with E-state index in [-0.39, 0.29) is 5.92 Å². The number of rotatable bonds is 0. The third kappa shape index (κ3) is 1.85. The summed E-state index contributed by atoms with van der Waals surface area (Å²) in [7, 11) is 0. The van der Waals surface area contributed by atoms with E-state index in [4.69, 9.17) is 0 Å². The average Bonchev–Trinajstić information content (AvgIpc) is 2.15. The third-order valence-electron chi connectivity index (χ3n) is 3.92. The van der Waals surface area contributed by atoms with Crippen LogP contribution in [-0.4, -0.2) is 16.5 Å². The number of Topliss-reactive ketones (excluding diaryl/α,β-unsaturated/α-hetero) is 1. The number of carbonyl (C=O) groups is 1. The molecule has 2 nitrogen and oxygen atoms in total. The van der Waals surface area contributed by atoms with Crippen molar-refractivity contribution in [2.24, 2.45) is 5.92 Å². The lowest BCUT2D eigenvalue weighted by Gasteiger charge is -2.40. The molecule has 0 spiro atoms. The first-order chi connectivity index (χ1) is 6.72. The van der Waals surface area contributed by atoms with Crippen LogP contribution in [0.4, 0.5) is 0 Å². The minimum atomic E-state index is -0.629. The van der Waals surface area contributed by atoms with Crippen molar-refractivity contribution in [3.05, 3.63) is 0 Å². The van der Waals surface area contributed by atoms with E-state index in [1.807, 2.05) is 0 Å². The molecule has 2 heteroatoms. The monoisotopic (exact) mass is 196 g/mol. The summed E-state index contributed by atoms with van der Waals surface area (Å²) in [4.78, 5) is 11.8. The van der Waals surface area contributed by atoms with Gasteiger partial charge in [0.25, 0.3) is 0 Å². The van der Waals surface area contributed by atoms with E-state index in [2.05, 4.69) is 0 Å². The highest BCUT2D eigenvalue weighted by Gasteiger charge is 2.42. The van der Waals surface area contributed by atoms with Gasteiger partial charge in [-0.15, -0.1) is 0 Å². The Labute approximate surface area is 85.7 Å². The predicted octanol–water partition coefficient (Wildman–Crippen LogP) is 2.44. The number of ketones is 1. The molecule has 2 aliphatic carbocycles. The number of hydrogen-bond acceptors (Lipinski definition) is 2. The van der Waals surface area contributed by atoms with Gasteiger partial charge in [0.1, 0.15) is 5.78 Å². The zero-order chi connectivity index (χ0) is 10.0. The first-order valence-electron chi connectivity index (χ1n) is 5.97. The van der Waals surface area contributed by atoms with Gasteiger partial charge in [-0.25, -0.2) is 0 Å². The topological polar surface area (TPSA) is 37.3 Å². The summed E-state index contributed by atoms with van der Waals surface area (Å²) in [5, 5.41) is 10.4. The quantitative estimate of drug-likeness (QED) is 0.646. The third-order valence-corrected chi connectivity index (χ3v) is 3.92. The second-order valence-corrected chi connectivity index (χ2v) is 4.93. The Morgan fingerprint density at radius 2 is 1.79 bits per heavy atom. The molecule has 80 valence electrons. The summed E-state index contributed by atoms with van der Waals surface area (Å²) in [6, 6.07) is 0. The second-order valence-electron chi connectivity index (χ2n) is 4.93. The van der Waals surface area contributed by atoms with E-state index < -0.39 is 5.60 Å². The summed E-state index contributed by atoms with van der Waals surface area (Å²) >= 11 is 0. The predicted molar refractivity (Wildman–Crippen MR) is 55.0 cm³/mol. The van der Waals surface area contributed by atoms with Gasteiger partial charge in [0.05, 0.1) is 5.60 Å². The van der Waals surface area contributed by atoms with Gasteiger partial charge in [-0.2, -0.15) is 0 Å². The van der Waals surface area contributed by atoms with Crippen LogP contribution in [0.1, 0.15) is 57.8 Å². The maximum atomic E-state index is 11.8. The van der Waals surface area contributed by atoms with E-state index in [0.29, 0.717) is 12.2 Å². The van der Waals surface area contributed by atoms with E-state index >= 15 is 0 Å². The SMILES string of the molecule is O=C1CCCCC[C@@]2(O)CCCC[C@H]12. The first-order valence-corrected chi connectivity index (χ1v) is 5.97. The van der Waals surface area contributed by atoms with Crippen molar-refractivity contribution in [2.75, 3.05) is 0 Å².